The van der Waals surface area contributed by atoms with Crippen LogP contribution in [-0.2, 0) is 6.42 Å². The summed E-state index contributed by atoms with van der Waals surface area (Å²) in [6, 6.07) is 6.26. The molecule has 0 bridgehead atoms. The molecular weight excluding hydrogens is 224 g/mol. The Balaban J connectivity index is 2.07. The highest BCUT2D eigenvalue weighted by molar-refractivity contribution is 5.45. The van der Waals surface area contributed by atoms with E-state index in [9.17, 15) is 5.11 Å². The summed E-state index contributed by atoms with van der Waals surface area (Å²) < 4.78 is 5.67. The topological polar surface area (TPSA) is 33.4 Å². The number of furan rings is 1. The van der Waals surface area contributed by atoms with Crippen molar-refractivity contribution in [2.45, 2.75) is 39.0 Å². The van der Waals surface area contributed by atoms with Crippen molar-refractivity contribution in [3.05, 3.63) is 52.5 Å². The van der Waals surface area contributed by atoms with Crippen LogP contribution in [0, 0.1) is 13.8 Å². The number of aromatic hydroxyl groups is 1. The summed E-state index contributed by atoms with van der Waals surface area (Å²) in [5.74, 6) is 1.88. The predicted molar refractivity (Wildman–Crippen MR) is 71.1 cm³/mol. The van der Waals surface area contributed by atoms with Crippen LogP contribution in [0.25, 0.3) is 0 Å². The van der Waals surface area contributed by atoms with E-state index < -0.39 is 0 Å². The first-order chi connectivity index (χ1) is 8.66. The van der Waals surface area contributed by atoms with E-state index in [1.807, 2.05) is 13.8 Å². The van der Waals surface area contributed by atoms with Gasteiger partial charge in [-0.3, -0.25) is 0 Å². The first-order valence-electron chi connectivity index (χ1n) is 6.53. The first kappa shape index (κ1) is 11.4. The van der Waals surface area contributed by atoms with E-state index in [4.69, 9.17) is 4.42 Å². The van der Waals surface area contributed by atoms with Gasteiger partial charge in [-0.15, -0.1) is 0 Å². The third kappa shape index (κ3) is 1.72. The second kappa shape index (κ2) is 4.20. The van der Waals surface area contributed by atoms with Crippen molar-refractivity contribution in [2.75, 3.05) is 0 Å². The monoisotopic (exact) mass is 242 g/mol. The fraction of sp³-hybridized carbons (Fsp3) is 0.375. The van der Waals surface area contributed by atoms with Crippen molar-refractivity contribution in [3.63, 3.8) is 0 Å². The molecule has 1 heterocycles. The predicted octanol–water partition coefficient (Wildman–Crippen LogP) is 4.07. The molecule has 2 heteroatoms. The highest BCUT2D eigenvalue weighted by Crippen LogP contribution is 2.39. The van der Waals surface area contributed by atoms with Crippen LogP contribution in [0.15, 0.2) is 28.9 Å². The van der Waals surface area contributed by atoms with E-state index in [0.29, 0.717) is 11.7 Å². The minimum absolute atomic E-state index is 0.349. The van der Waals surface area contributed by atoms with Crippen LogP contribution >= 0.6 is 0 Å². The van der Waals surface area contributed by atoms with Gasteiger partial charge in [0.2, 0.25) is 0 Å². The summed E-state index contributed by atoms with van der Waals surface area (Å²) in [4.78, 5) is 0. The highest BCUT2D eigenvalue weighted by atomic mass is 16.3. The van der Waals surface area contributed by atoms with Gasteiger partial charge in [0, 0.05) is 5.92 Å². The van der Waals surface area contributed by atoms with E-state index >= 15 is 0 Å². The fourth-order valence-corrected chi connectivity index (χ4v) is 3.00. The molecule has 2 aromatic rings. The zero-order valence-corrected chi connectivity index (χ0v) is 10.9. The van der Waals surface area contributed by atoms with E-state index in [2.05, 4.69) is 18.2 Å². The quantitative estimate of drug-likeness (QED) is 0.817. The Morgan fingerprint density at radius 3 is 2.67 bits per heavy atom. The molecule has 1 aliphatic rings. The lowest BCUT2D eigenvalue weighted by Gasteiger charge is -2.22. The Bertz CT molecular complexity index is 558. The molecule has 18 heavy (non-hydrogen) atoms. The van der Waals surface area contributed by atoms with Crippen molar-refractivity contribution in [2.24, 2.45) is 0 Å². The number of benzene rings is 1. The zero-order chi connectivity index (χ0) is 12.7. The van der Waals surface area contributed by atoms with Crippen LogP contribution in [-0.4, -0.2) is 5.11 Å². The maximum atomic E-state index is 9.86. The minimum Gasteiger partial charge on any atom is -0.507 e. The molecule has 3 rings (SSSR count). The van der Waals surface area contributed by atoms with Gasteiger partial charge in [-0.25, -0.2) is 0 Å². The van der Waals surface area contributed by atoms with Gasteiger partial charge in [0.05, 0.1) is 6.26 Å². The molecule has 1 aromatic heterocycles. The number of fused-ring (bicyclic) bond motifs is 1. The van der Waals surface area contributed by atoms with Gasteiger partial charge >= 0.3 is 0 Å². The average molecular weight is 242 g/mol. The molecule has 0 unspecified atom stereocenters. The number of phenols is 1. The van der Waals surface area contributed by atoms with Crippen LogP contribution < -0.4 is 0 Å². The van der Waals surface area contributed by atoms with Gasteiger partial charge in [0.1, 0.15) is 11.5 Å². The number of phenolic OH excluding ortho intramolecular Hbond substituents is 1. The molecule has 0 aliphatic heterocycles. The number of hydrogen-bond acceptors (Lipinski definition) is 2. The Hall–Kier alpha value is -1.70. The fourth-order valence-electron chi connectivity index (χ4n) is 3.00. The molecule has 2 nitrogen and oxygen atoms in total. The summed E-state index contributed by atoms with van der Waals surface area (Å²) >= 11 is 0. The molecule has 0 radical (unpaired) electrons. The second-order valence-corrected chi connectivity index (χ2v) is 5.26. The lowest BCUT2D eigenvalue weighted by Crippen LogP contribution is -2.09. The minimum atomic E-state index is 0.349. The van der Waals surface area contributed by atoms with Crippen LogP contribution in [0.5, 0.6) is 5.75 Å². The van der Waals surface area contributed by atoms with Crippen molar-refractivity contribution < 1.29 is 9.52 Å². The summed E-state index contributed by atoms with van der Waals surface area (Å²) in [7, 11) is 0. The van der Waals surface area contributed by atoms with Crippen LogP contribution in [0.1, 0.15) is 46.8 Å². The summed E-state index contributed by atoms with van der Waals surface area (Å²) in [5.41, 5.74) is 4.50. The Morgan fingerprint density at radius 2 is 1.94 bits per heavy atom. The van der Waals surface area contributed by atoms with Crippen molar-refractivity contribution in [3.8, 4) is 5.75 Å². The second-order valence-electron chi connectivity index (χ2n) is 5.26. The standard InChI is InChI=1S/C16H18O2/c1-10-8-13(9-11(2)15(10)17)14-5-3-4-12-6-7-18-16(12)14/h6-9,14,17H,3-5H2,1-2H3/t14-/m1/s1. The van der Waals surface area contributed by atoms with E-state index in [1.165, 1.54) is 17.5 Å². The Kier molecular flexibility index (Phi) is 2.66. The van der Waals surface area contributed by atoms with Crippen molar-refractivity contribution in [1.82, 2.24) is 0 Å². The normalized spacial score (nSPS) is 18.7. The molecule has 1 N–H and O–H groups in total. The van der Waals surface area contributed by atoms with Crippen LogP contribution in [0.3, 0.4) is 0 Å². The van der Waals surface area contributed by atoms with Crippen molar-refractivity contribution >= 4 is 0 Å². The van der Waals surface area contributed by atoms with Gasteiger partial charge in [-0.05, 0) is 61.4 Å². The van der Waals surface area contributed by atoms with Gasteiger partial charge in [-0.2, -0.15) is 0 Å². The van der Waals surface area contributed by atoms with Crippen LogP contribution in [0.2, 0.25) is 0 Å². The van der Waals surface area contributed by atoms with E-state index in [0.717, 1.165) is 29.7 Å². The average Bonchev–Trinajstić information content (AvgIpc) is 2.83. The number of hydrogen-bond donors (Lipinski definition) is 1. The SMILES string of the molecule is Cc1cc([C@H]2CCCc3ccoc32)cc(C)c1O. The molecule has 0 amide bonds. The number of aryl methyl sites for hydroxylation is 3. The summed E-state index contributed by atoms with van der Waals surface area (Å²) in [6.45, 7) is 3.91. The smallest absolute Gasteiger partial charge is 0.121 e. The lowest BCUT2D eigenvalue weighted by atomic mass is 9.83. The Labute approximate surface area is 107 Å². The molecule has 0 spiro atoms. The van der Waals surface area contributed by atoms with Gasteiger partial charge in [0.15, 0.2) is 0 Å². The first-order valence-corrected chi connectivity index (χ1v) is 6.53. The molecule has 1 aromatic carbocycles. The molecular formula is C16H18O2. The molecule has 1 atom stereocenters. The maximum absolute atomic E-state index is 9.86. The largest absolute Gasteiger partial charge is 0.507 e. The van der Waals surface area contributed by atoms with Crippen LogP contribution in [0.4, 0.5) is 0 Å². The molecule has 94 valence electrons. The highest BCUT2D eigenvalue weighted by Gasteiger charge is 2.25. The van der Waals surface area contributed by atoms with Crippen molar-refractivity contribution in [1.29, 1.82) is 0 Å². The third-order valence-corrected chi connectivity index (χ3v) is 3.95. The molecule has 0 saturated carbocycles. The maximum Gasteiger partial charge on any atom is 0.121 e. The molecule has 0 fully saturated rings. The third-order valence-electron chi connectivity index (χ3n) is 3.95. The Morgan fingerprint density at radius 1 is 1.22 bits per heavy atom. The van der Waals surface area contributed by atoms with E-state index in [-0.39, 0.29) is 0 Å². The molecule has 1 aliphatic carbocycles. The number of rotatable bonds is 1. The van der Waals surface area contributed by atoms with Gasteiger partial charge < -0.3 is 9.52 Å². The zero-order valence-electron chi connectivity index (χ0n) is 10.9. The lowest BCUT2D eigenvalue weighted by molar-refractivity contribution is 0.443. The summed E-state index contributed by atoms with van der Waals surface area (Å²) in [6.07, 6.45) is 5.25. The van der Waals surface area contributed by atoms with E-state index in [1.54, 1.807) is 6.26 Å². The molecule has 0 saturated heterocycles. The van der Waals surface area contributed by atoms with Gasteiger partial charge in [-0.1, -0.05) is 12.1 Å². The summed E-state index contributed by atoms with van der Waals surface area (Å²) in [5, 5.41) is 9.86. The van der Waals surface area contributed by atoms with Gasteiger partial charge in [0.25, 0.3) is 0 Å².